The van der Waals surface area contributed by atoms with Crippen molar-refractivity contribution in [2.75, 3.05) is 0 Å². The molecule has 0 amide bonds. The van der Waals surface area contributed by atoms with E-state index in [1.807, 2.05) is 0 Å². The molecule has 0 saturated carbocycles. The normalized spacial score (nSPS) is 14.0. The second-order valence-corrected chi connectivity index (χ2v) is 2.96. The Hall–Kier alpha value is 1.97. The molecule has 0 heterocycles. The van der Waals surface area contributed by atoms with E-state index in [2.05, 4.69) is 4.52 Å². The average Bonchev–Trinajstić information content (AvgIpc) is 1.62. The Bertz CT molecular complexity index is 126. The predicted molar refractivity (Wildman–Crippen MR) is 34.4 cm³/mol. The Morgan fingerprint density at radius 1 is 1.70 bits per heavy atom. The number of rotatable bonds is 3. The van der Waals surface area contributed by atoms with Crippen LogP contribution in [0.2, 0.25) is 0 Å². The molecule has 0 rings (SSSR count). The summed E-state index contributed by atoms with van der Waals surface area (Å²) in [7, 11) is -4.87. The van der Waals surface area contributed by atoms with Crippen molar-refractivity contribution in [2.45, 2.75) is 18.9 Å². The zero-order chi connectivity index (χ0) is 7.49. The van der Waals surface area contributed by atoms with Crippen LogP contribution in [0.3, 0.4) is 0 Å². The van der Waals surface area contributed by atoms with Gasteiger partial charge in [0.1, 0.15) is 5.56 Å². The van der Waals surface area contributed by atoms with Gasteiger partial charge >= 0.3 is 48.9 Å². The van der Waals surface area contributed by atoms with Gasteiger partial charge in [0.2, 0.25) is 0 Å². The van der Waals surface area contributed by atoms with Crippen molar-refractivity contribution in [3.63, 3.8) is 0 Å². The summed E-state index contributed by atoms with van der Waals surface area (Å²) < 4.78 is 13.6. The van der Waals surface area contributed by atoms with Gasteiger partial charge in [0.05, 0.1) is 7.82 Å². The van der Waals surface area contributed by atoms with Gasteiger partial charge < -0.3 is 18.9 Å². The van der Waals surface area contributed by atoms with Gasteiger partial charge in [-0.05, 0) is 6.42 Å². The molecule has 1 atom stereocenters. The summed E-state index contributed by atoms with van der Waals surface area (Å²) in [5.41, 5.74) is -1.02. The maximum Gasteiger partial charge on any atom is 2.00 e. The molecule has 0 fully saturated rings. The molecule has 0 aliphatic rings. The van der Waals surface area contributed by atoms with Gasteiger partial charge in [-0.15, -0.1) is 0 Å². The molecule has 0 aliphatic carbocycles. The monoisotopic (exact) mass is 310 g/mol. The minimum Gasteiger partial charge on any atom is -0.790 e. The SMILES string of the molecule is CCC(Cl)OP(=O)([O-])[O-].[Ba+2]. The summed E-state index contributed by atoms with van der Waals surface area (Å²) >= 11 is 5.16. The van der Waals surface area contributed by atoms with E-state index < -0.39 is 13.4 Å². The quantitative estimate of drug-likeness (QED) is 0.397. The summed E-state index contributed by atoms with van der Waals surface area (Å²) in [6.45, 7) is 1.60. The molecule has 0 aromatic heterocycles. The molecule has 0 spiro atoms. The summed E-state index contributed by atoms with van der Waals surface area (Å²) in [5.74, 6) is 0. The Labute approximate surface area is 105 Å². The fraction of sp³-hybridized carbons (Fsp3) is 1.00. The first kappa shape index (κ1) is 14.5. The number of halogens is 1. The second kappa shape index (κ2) is 6.48. The van der Waals surface area contributed by atoms with E-state index in [1.165, 1.54) is 0 Å². The molecule has 0 bridgehead atoms. The number of alkyl halides is 1. The van der Waals surface area contributed by atoms with Crippen LogP contribution in [-0.2, 0) is 9.09 Å². The van der Waals surface area contributed by atoms with Crippen molar-refractivity contribution in [2.24, 2.45) is 0 Å². The molecule has 7 heteroatoms. The predicted octanol–water partition coefficient (Wildman–Crippen LogP) is -0.574. The Balaban J connectivity index is 0. The third-order valence-corrected chi connectivity index (χ3v) is 1.60. The summed E-state index contributed by atoms with van der Waals surface area (Å²) in [6, 6.07) is 0. The van der Waals surface area contributed by atoms with Gasteiger partial charge in [-0.2, -0.15) is 0 Å². The van der Waals surface area contributed by atoms with E-state index in [9.17, 15) is 14.4 Å². The first-order valence-corrected chi connectivity index (χ1v) is 4.20. The Morgan fingerprint density at radius 2 is 2.10 bits per heavy atom. The minimum absolute atomic E-state index is 0. The Kier molecular flexibility index (Phi) is 9.40. The molecule has 0 aromatic rings. The van der Waals surface area contributed by atoms with E-state index in [0.29, 0.717) is 0 Å². The summed E-state index contributed by atoms with van der Waals surface area (Å²) in [4.78, 5) is 19.5. The fourth-order valence-corrected chi connectivity index (χ4v) is 0.937. The number of hydrogen-bond donors (Lipinski definition) is 0. The topological polar surface area (TPSA) is 72.4 Å². The van der Waals surface area contributed by atoms with E-state index in [0.717, 1.165) is 0 Å². The van der Waals surface area contributed by atoms with Crippen LogP contribution in [0.25, 0.3) is 0 Å². The fourth-order valence-electron chi connectivity index (χ4n) is 0.215. The second-order valence-electron chi connectivity index (χ2n) is 1.37. The smallest absolute Gasteiger partial charge is 0.790 e. The first-order chi connectivity index (χ1) is 3.95. The molecule has 1 unspecified atom stereocenters. The Morgan fingerprint density at radius 3 is 2.20 bits per heavy atom. The zero-order valence-electron chi connectivity index (χ0n) is 5.45. The summed E-state index contributed by atoms with van der Waals surface area (Å²) in [6.07, 6.45) is 0.288. The van der Waals surface area contributed by atoms with Gasteiger partial charge in [0, 0.05) is 0 Å². The van der Waals surface area contributed by atoms with Crippen molar-refractivity contribution in [3.05, 3.63) is 0 Å². The number of phosphoric ester groups is 1. The van der Waals surface area contributed by atoms with Crippen LogP contribution in [0.5, 0.6) is 0 Å². The van der Waals surface area contributed by atoms with Gasteiger partial charge in [0.25, 0.3) is 0 Å². The third-order valence-electron chi connectivity index (χ3n) is 0.564. The molecule has 4 nitrogen and oxygen atoms in total. The first-order valence-electron chi connectivity index (χ1n) is 2.30. The van der Waals surface area contributed by atoms with Crippen LogP contribution < -0.4 is 9.79 Å². The number of phosphoric acid groups is 1. The van der Waals surface area contributed by atoms with E-state index in [-0.39, 0.29) is 55.3 Å². The maximum atomic E-state index is 9.77. The largest absolute Gasteiger partial charge is 2.00 e. The molecule has 56 valence electrons. The van der Waals surface area contributed by atoms with Crippen molar-refractivity contribution >= 4 is 68.3 Å². The molecule has 0 aliphatic heterocycles. The summed E-state index contributed by atoms with van der Waals surface area (Å²) in [5, 5.41) is 0. The average molecular weight is 310 g/mol. The third kappa shape index (κ3) is 9.97. The van der Waals surface area contributed by atoms with Crippen LogP contribution in [0, 0.1) is 0 Å². The van der Waals surface area contributed by atoms with Gasteiger partial charge in [-0.3, -0.25) is 0 Å². The van der Waals surface area contributed by atoms with Gasteiger partial charge in [-0.25, -0.2) is 0 Å². The van der Waals surface area contributed by atoms with Gasteiger partial charge in [0.15, 0.2) is 0 Å². The van der Waals surface area contributed by atoms with Gasteiger partial charge in [-0.1, -0.05) is 18.5 Å². The van der Waals surface area contributed by atoms with Crippen molar-refractivity contribution in [3.8, 4) is 0 Å². The minimum atomic E-state index is -4.87. The van der Waals surface area contributed by atoms with Crippen LogP contribution in [0.4, 0.5) is 0 Å². The number of hydrogen-bond acceptors (Lipinski definition) is 4. The maximum absolute atomic E-state index is 9.77. The van der Waals surface area contributed by atoms with E-state index in [1.54, 1.807) is 6.92 Å². The molecule has 0 saturated heterocycles. The molecular weight excluding hydrogens is 304 g/mol. The van der Waals surface area contributed by atoms with Crippen molar-refractivity contribution < 1.29 is 18.9 Å². The van der Waals surface area contributed by atoms with E-state index in [4.69, 9.17) is 11.6 Å². The van der Waals surface area contributed by atoms with Crippen LogP contribution in [-0.4, -0.2) is 54.4 Å². The molecule has 10 heavy (non-hydrogen) atoms. The zero-order valence-corrected chi connectivity index (χ0v) is 11.5. The molecule has 0 aromatic carbocycles. The van der Waals surface area contributed by atoms with Crippen molar-refractivity contribution in [1.82, 2.24) is 0 Å². The molecular formula is C3H6BaClO4P. The van der Waals surface area contributed by atoms with Crippen LogP contribution in [0.1, 0.15) is 13.3 Å². The standard InChI is InChI=1S/C3H8ClO4P.Ba/c1-2-3(4)8-9(5,6)7;/h3H,2H2,1H3,(H2,5,6,7);/q;+2/p-2. The van der Waals surface area contributed by atoms with Crippen molar-refractivity contribution in [1.29, 1.82) is 0 Å². The van der Waals surface area contributed by atoms with E-state index >= 15 is 0 Å². The van der Waals surface area contributed by atoms with Crippen LogP contribution >= 0.6 is 19.4 Å². The van der Waals surface area contributed by atoms with Crippen LogP contribution in [0.15, 0.2) is 0 Å². The molecule has 0 N–H and O–H groups in total. The molecule has 0 radical (unpaired) electrons.